The van der Waals surface area contributed by atoms with Gasteiger partial charge in [-0.1, -0.05) is 31.4 Å². The van der Waals surface area contributed by atoms with Crippen LogP contribution in [0.4, 0.5) is 11.4 Å². The number of carboxylic acids is 1. The molecule has 2 unspecified atom stereocenters. The van der Waals surface area contributed by atoms with Crippen LogP contribution in [0.2, 0.25) is 0 Å². The fourth-order valence-corrected chi connectivity index (χ4v) is 6.34. The molecule has 2 atom stereocenters. The minimum Gasteiger partial charge on any atom is -0.494 e. The number of hydrogen-bond acceptors (Lipinski definition) is 5. The van der Waals surface area contributed by atoms with Gasteiger partial charge in [-0.3, -0.25) is 9.59 Å². The van der Waals surface area contributed by atoms with E-state index in [4.69, 9.17) is 10.5 Å². The van der Waals surface area contributed by atoms with E-state index in [1.165, 1.54) is 17.5 Å². The van der Waals surface area contributed by atoms with Crippen molar-refractivity contribution in [2.24, 2.45) is 5.92 Å². The average Bonchev–Trinajstić information content (AvgIpc) is 3.33. The van der Waals surface area contributed by atoms with Gasteiger partial charge in [-0.05, 0) is 72.6 Å². The molecule has 2 aliphatic rings. The predicted molar refractivity (Wildman–Crippen MR) is 143 cm³/mol. The fourth-order valence-electron chi connectivity index (χ4n) is 6.34. The van der Waals surface area contributed by atoms with Crippen molar-refractivity contribution >= 4 is 23.3 Å². The van der Waals surface area contributed by atoms with Crippen LogP contribution >= 0.6 is 0 Å². The topological polar surface area (TPSA) is 105 Å². The molecule has 2 aliphatic carbocycles. The van der Waals surface area contributed by atoms with Crippen LogP contribution in [0.3, 0.4) is 0 Å². The van der Waals surface area contributed by atoms with E-state index in [9.17, 15) is 14.7 Å². The van der Waals surface area contributed by atoms with E-state index in [0.717, 1.165) is 55.2 Å². The molecule has 0 saturated heterocycles. The zero-order valence-electron chi connectivity index (χ0n) is 21.9. The van der Waals surface area contributed by atoms with E-state index in [2.05, 4.69) is 24.4 Å². The van der Waals surface area contributed by atoms with Crippen LogP contribution in [0.5, 0.6) is 5.75 Å². The first-order valence-corrected chi connectivity index (χ1v) is 13.0. The number of ether oxygens (including phenoxy) is 1. The first kappa shape index (κ1) is 25.9. The van der Waals surface area contributed by atoms with Crippen LogP contribution in [0.1, 0.15) is 84.7 Å². The normalized spacial score (nSPS) is 18.4. The van der Waals surface area contributed by atoms with Gasteiger partial charge in [-0.15, -0.1) is 0 Å². The summed E-state index contributed by atoms with van der Waals surface area (Å²) in [6.45, 7) is 2.09. The molecular formula is C29H39N3O4. The number of amides is 1. The van der Waals surface area contributed by atoms with Gasteiger partial charge in [-0.2, -0.15) is 0 Å². The Bertz CT molecular complexity index is 1140. The number of aryl methyl sites for hydroxylation is 1. The van der Waals surface area contributed by atoms with Crippen LogP contribution in [0.25, 0.3) is 0 Å². The standard InChI is InChI=1S/C29H39N3O4/c1-17-10-11-20(22(16-26(33)34)19-14-23(30)28(31-2)25(15-19)36-4)21-12-13-24(27(17)21)32(3)29(35)18-8-6-5-7-9-18/h10-11,14-15,18,22,24,31H,5-9,12-13,16,30H2,1-4H3,(H,33,34). The molecule has 1 fully saturated rings. The number of carbonyl (C=O) groups excluding carboxylic acids is 1. The Morgan fingerprint density at radius 2 is 1.92 bits per heavy atom. The van der Waals surface area contributed by atoms with Crippen LogP contribution < -0.4 is 15.8 Å². The first-order chi connectivity index (χ1) is 17.3. The minimum absolute atomic E-state index is 0.0196. The molecule has 0 aromatic heterocycles. The maximum Gasteiger partial charge on any atom is 0.304 e. The summed E-state index contributed by atoms with van der Waals surface area (Å²) in [7, 11) is 5.30. The Morgan fingerprint density at radius 1 is 1.19 bits per heavy atom. The van der Waals surface area contributed by atoms with Gasteiger partial charge in [0.1, 0.15) is 5.75 Å². The van der Waals surface area contributed by atoms with E-state index < -0.39 is 5.97 Å². The third-order valence-corrected chi connectivity index (χ3v) is 8.16. The summed E-state index contributed by atoms with van der Waals surface area (Å²) in [5.74, 6) is -0.292. The van der Waals surface area contributed by atoms with Crippen molar-refractivity contribution in [2.45, 2.75) is 70.3 Å². The minimum atomic E-state index is -0.872. The SMILES string of the molecule is CNc1c(N)cc(C(CC(=O)O)c2ccc(C)c3c2CCC3N(C)C(=O)C2CCCCC2)cc1OC. The molecule has 0 bridgehead atoms. The second-order valence-corrected chi connectivity index (χ2v) is 10.3. The van der Waals surface area contributed by atoms with E-state index in [1.54, 1.807) is 14.2 Å². The Hall–Kier alpha value is -3.22. The number of nitrogens with two attached hydrogens (primary N) is 1. The Kier molecular flexibility index (Phi) is 7.76. The van der Waals surface area contributed by atoms with Crippen molar-refractivity contribution in [3.05, 3.63) is 52.1 Å². The quantitative estimate of drug-likeness (QED) is 0.433. The van der Waals surface area contributed by atoms with Gasteiger partial charge < -0.3 is 25.8 Å². The molecule has 4 rings (SSSR count). The van der Waals surface area contributed by atoms with Crippen LogP contribution in [-0.4, -0.2) is 43.1 Å². The van der Waals surface area contributed by atoms with Crippen molar-refractivity contribution in [1.82, 2.24) is 4.90 Å². The predicted octanol–water partition coefficient (Wildman–Crippen LogP) is 5.26. The molecule has 36 heavy (non-hydrogen) atoms. The molecule has 0 aliphatic heterocycles. The van der Waals surface area contributed by atoms with Crippen molar-refractivity contribution < 1.29 is 19.4 Å². The number of nitrogens with zero attached hydrogens (tertiary/aromatic N) is 1. The fraction of sp³-hybridized carbons (Fsp3) is 0.517. The number of hydrogen-bond donors (Lipinski definition) is 3. The van der Waals surface area contributed by atoms with Crippen LogP contribution in [-0.2, 0) is 16.0 Å². The van der Waals surface area contributed by atoms with Crippen molar-refractivity contribution in [1.29, 1.82) is 0 Å². The number of rotatable bonds is 8. The summed E-state index contributed by atoms with van der Waals surface area (Å²) in [4.78, 5) is 27.3. The number of anilines is 2. The molecular weight excluding hydrogens is 454 g/mol. The third kappa shape index (κ3) is 4.88. The highest BCUT2D eigenvalue weighted by atomic mass is 16.5. The summed E-state index contributed by atoms with van der Waals surface area (Å²) < 4.78 is 5.56. The summed E-state index contributed by atoms with van der Waals surface area (Å²) >= 11 is 0. The maximum absolute atomic E-state index is 13.4. The van der Waals surface area contributed by atoms with Gasteiger partial charge >= 0.3 is 5.97 Å². The zero-order chi connectivity index (χ0) is 26.0. The van der Waals surface area contributed by atoms with Gasteiger partial charge in [0.2, 0.25) is 5.91 Å². The van der Waals surface area contributed by atoms with Gasteiger partial charge in [0.25, 0.3) is 0 Å². The van der Waals surface area contributed by atoms with Gasteiger partial charge in [0.15, 0.2) is 0 Å². The lowest BCUT2D eigenvalue weighted by Gasteiger charge is -2.32. The number of carbonyl (C=O) groups is 2. The molecule has 2 aromatic carbocycles. The van der Waals surface area contributed by atoms with E-state index in [-0.39, 0.29) is 30.2 Å². The largest absolute Gasteiger partial charge is 0.494 e. The lowest BCUT2D eigenvalue weighted by atomic mass is 9.83. The Labute approximate surface area is 214 Å². The Morgan fingerprint density at radius 3 is 2.56 bits per heavy atom. The maximum atomic E-state index is 13.4. The van der Waals surface area contributed by atoms with Crippen molar-refractivity contribution in [3.8, 4) is 5.75 Å². The lowest BCUT2D eigenvalue weighted by Crippen LogP contribution is -2.36. The number of aliphatic carboxylic acids is 1. The zero-order valence-corrected chi connectivity index (χ0v) is 21.9. The second kappa shape index (κ2) is 10.8. The highest BCUT2D eigenvalue weighted by molar-refractivity contribution is 5.80. The van der Waals surface area contributed by atoms with Crippen LogP contribution in [0, 0.1) is 12.8 Å². The molecule has 0 radical (unpaired) electrons. The molecule has 0 heterocycles. The highest BCUT2D eigenvalue weighted by Crippen LogP contribution is 2.45. The summed E-state index contributed by atoms with van der Waals surface area (Å²) in [6, 6.07) is 7.88. The van der Waals surface area contributed by atoms with E-state index >= 15 is 0 Å². The smallest absolute Gasteiger partial charge is 0.304 e. The lowest BCUT2D eigenvalue weighted by molar-refractivity contribution is -0.138. The number of nitrogens with one attached hydrogen (secondary N) is 1. The molecule has 4 N–H and O–H groups in total. The number of benzene rings is 2. The first-order valence-electron chi connectivity index (χ1n) is 13.0. The van der Waals surface area contributed by atoms with Crippen molar-refractivity contribution in [3.63, 3.8) is 0 Å². The van der Waals surface area contributed by atoms with Crippen molar-refractivity contribution in [2.75, 3.05) is 32.3 Å². The molecule has 0 spiro atoms. The highest BCUT2D eigenvalue weighted by Gasteiger charge is 2.36. The molecule has 1 saturated carbocycles. The summed E-state index contributed by atoms with van der Waals surface area (Å²) in [6.07, 6.45) is 7.05. The van der Waals surface area contributed by atoms with Gasteiger partial charge in [0, 0.05) is 25.9 Å². The van der Waals surface area contributed by atoms with Crippen LogP contribution in [0.15, 0.2) is 24.3 Å². The van der Waals surface area contributed by atoms with Gasteiger partial charge in [0.05, 0.1) is 30.9 Å². The van der Waals surface area contributed by atoms with E-state index in [1.807, 2.05) is 24.1 Å². The third-order valence-electron chi connectivity index (χ3n) is 8.16. The number of fused-ring (bicyclic) bond motifs is 1. The Balaban J connectivity index is 1.75. The molecule has 1 amide bonds. The second-order valence-electron chi connectivity index (χ2n) is 10.3. The monoisotopic (exact) mass is 493 g/mol. The molecule has 194 valence electrons. The molecule has 7 nitrogen and oxygen atoms in total. The molecule has 2 aromatic rings. The number of carboxylic acid groups (broad SMARTS) is 1. The van der Waals surface area contributed by atoms with Gasteiger partial charge in [-0.25, -0.2) is 0 Å². The molecule has 7 heteroatoms. The number of methoxy groups -OCH3 is 1. The van der Waals surface area contributed by atoms with E-state index in [0.29, 0.717) is 17.1 Å². The average molecular weight is 494 g/mol. The summed E-state index contributed by atoms with van der Waals surface area (Å²) in [5, 5.41) is 12.9. The number of nitrogen functional groups attached to an aromatic ring is 1. The summed E-state index contributed by atoms with van der Waals surface area (Å²) in [5.41, 5.74) is 12.8.